The highest BCUT2D eigenvalue weighted by atomic mass is 35.5. The maximum Gasteiger partial charge on any atom is 0.253 e. The fourth-order valence-corrected chi connectivity index (χ4v) is 4.67. The highest BCUT2D eigenvalue weighted by Gasteiger charge is 2.24. The Balaban J connectivity index is 1.74. The molecule has 1 aliphatic rings. The van der Waals surface area contributed by atoms with Crippen LogP contribution in [-0.4, -0.2) is 45.5 Å². The van der Waals surface area contributed by atoms with Gasteiger partial charge in [-0.05, 0) is 48.7 Å². The van der Waals surface area contributed by atoms with Crippen LogP contribution in [0.15, 0.2) is 47.4 Å². The Morgan fingerprint density at radius 2 is 2.00 bits per heavy atom. The first-order valence-corrected chi connectivity index (χ1v) is 11.0. The van der Waals surface area contributed by atoms with E-state index in [2.05, 4.69) is 4.72 Å². The first kappa shape index (κ1) is 21.7. The molecule has 29 heavy (non-hydrogen) atoms. The molecule has 1 atom stereocenters. The van der Waals surface area contributed by atoms with Crippen LogP contribution in [-0.2, 0) is 21.3 Å². The first-order chi connectivity index (χ1) is 13.8. The zero-order chi connectivity index (χ0) is 21.0. The predicted molar refractivity (Wildman–Crippen MR) is 108 cm³/mol. The summed E-state index contributed by atoms with van der Waals surface area (Å²) in [6, 6.07) is 9.95. The third-order valence-corrected chi connectivity index (χ3v) is 6.58. The number of rotatable bonds is 7. The van der Waals surface area contributed by atoms with Crippen LogP contribution in [0.5, 0.6) is 0 Å². The quantitative estimate of drug-likeness (QED) is 0.717. The maximum atomic E-state index is 13.0. The van der Waals surface area contributed by atoms with Crippen LogP contribution in [0.2, 0.25) is 5.02 Å². The van der Waals surface area contributed by atoms with Gasteiger partial charge in [-0.3, -0.25) is 4.79 Å². The number of nitrogens with zero attached hydrogens (tertiary/aromatic N) is 1. The largest absolute Gasteiger partial charge is 0.377 e. The molecule has 6 nitrogen and oxygen atoms in total. The average Bonchev–Trinajstić information content (AvgIpc) is 3.21. The van der Waals surface area contributed by atoms with Gasteiger partial charge in [0.05, 0.1) is 11.1 Å². The third-order valence-electron chi connectivity index (χ3n) is 4.67. The van der Waals surface area contributed by atoms with E-state index in [4.69, 9.17) is 16.3 Å². The van der Waals surface area contributed by atoms with Crippen molar-refractivity contribution in [2.75, 3.05) is 20.2 Å². The SMILES string of the molecule is CN(Cc1ccc(F)cc1)C(=O)c1ccc(Cl)c(S(=O)(=O)NCC2CCCO2)c1. The van der Waals surface area contributed by atoms with E-state index in [1.807, 2.05) is 0 Å². The van der Waals surface area contributed by atoms with Crippen molar-refractivity contribution in [1.82, 2.24) is 9.62 Å². The lowest BCUT2D eigenvalue weighted by molar-refractivity contribution is 0.0785. The summed E-state index contributed by atoms with van der Waals surface area (Å²) >= 11 is 6.09. The second kappa shape index (κ2) is 9.21. The minimum atomic E-state index is -3.90. The lowest BCUT2D eigenvalue weighted by Gasteiger charge is -2.18. The number of halogens is 2. The normalized spacial score (nSPS) is 16.7. The Morgan fingerprint density at radius 3 is 2.66 bits per heavy atom. The molecule has 9 heteroatoms. The molecule has 1 unspecified atom stereocenters. The Morgan fingerprint density at radius 1 is 1.28 bits per heavy atom. The summed E-state index contributed by atoms with van der Waals surface area (Å²) in [5, 5.41) is 0.0302. The van der Waals surface area contributed by atoms with E-state index in [1.54, 1.807) is 19.2 Å². The Labute approximate surface area is 174 Å². The summed E-state index contributed by atoms with van der Waals surface area (Å²) < 4.78 is 46.3. The molecule has 0 bridgehead atoms. The van der Waals surface area contributed by atoms with Gasteiger partial charge in [-0.15, -0.1) is 0 Å². The third kappa shape index (κ3) is 5.54. The minimum absolute atomic E-state index is 0.0302. The molecule has 0 aliphatic carbocycles. The number of sulfonamides is 1. The molecule has 0 radical (unpaired) electrons. The van der Waals surface area contributed by atoms with Crippen LogP contribution in [0, 0.1) is 5.82 Å². The van der Waals surface area contributed by atoms with E-state index in [0.717, 1.165) is 18.4 Å². The van der Waals surface area contributed by atoms with Crippen LogP contribution >= 0.6 is 11.6 Å². The zero-order valence-corrected chi connectivity index (χ0v) is 17.5. The van der Waals surface area contributed by atoms with Gasteiger partial charge in [0.15, 0.2) is 0 Å². The lowest BCUT2D eigenvalue weighted by atomic mass is 10.1. The standard InChI is InChI=1S/C20H22ClFN2O4S/c1-24(13-14-4-7-16(22)8-5-14)20(25)15-6-9-18(21)19(11-15)29(26,27)23-12-17-3-2-10-28-17/h4-9,11,17,23H,2-3,10,12-13H2,1H3. The van der Waals surface area contributed by atoms with E-state index >= 15 is 0 Å². The van der Waals surface area contributed by atoms with Crippen molar-refractivity contribution in [1.29, 1.82) is 0 Å². The Kier molecular flexibility index (Phi) is 6.89. The van der Waals surface area contributed by atoms with Crippen LogP contribution in [0.3, 0.4) is 0 Å². The maximum absolute atomic E-state index is 13.0. The number of hydrogen-bond acceptors (Lipinski definition) is 4. The number of carbonyl (C=O) groups excluding carboxylic acids is 1. The molecular weight excluding hydrogens is 419 g/mol. The minimum Gasteiger partial charge on any atom is -0.377 e. The predicted octanol–water partition coefficient (Wildman–Crippen LogP) is 3.21. The molecule has 1 saturated heterocycles. The van der Waals surface area contributed by atoms with Crippen molar-refractivity contribution in [2.24, 2.45) is 0 Å². The molecule has 156 valence electrons. The summed E-state index contributed by atoms with van der Waals surface area (Å²) in [5.41, 5.74) is 0.943. The molecule has 1 N–H and O–H groups in total. The zero-order valence-electron chi connectivity index (χ0n) is 15.9. The second-order valence-corrected chi connectivity index (χ2v) is 9.06. The Bertz CT molecular complexity index is 976. The fourth-order valence-electron chi connectivity index (χ4n) is 3.08. The number of amides is 1. The first-order valence-electron chi connectivity index (χ1n) is 9.17. The highest BCUT2D eigenvalue weighted by Crippen LogP contribution is 2.24. The lowest BCUT2D eigenvalue weighted by Crippen LogP contribution is -2.32. The fraction of sp³-hybridized carbons (Fsp3) is 0.350. The van der Waals surface area contributed by atoms with E-state index in [-0.39, 0.29) is 46.4 Å². The van der Waals surface area contributed by atoms with Gasteiger partial charge in [-0.1, -0.05) is 23.7 Å². The van der Waals surface area contributed by atoms with E-state index in [1.165, 1.54) is 35.2 Å². The molecule has 1 heterocycles. The van der Waals surface area contributed by atoms with E-state index in [0.29, 0.717) is 6.61 Å². The van der Waals surface area contributed by atoms with Gasteiger partial charge in [-0.2, -0.15) is 0 Å². The van der Waals surface area contributed by atoms with Crippen molar-refractivity contribution in [3.8, 4) is 0 Å². The van der Waals surface area contributed by atoms with Gasteiger partial charge in [0.2, 0.25) is 10.0 Å². The van der Waals surface area contributed by atoms with Crippen molar-refractivity contribution in [3.63, 3.8) is 0 Å². The van der Waals surface area contributed by atoms with Gasteiger partial charge in [0, 0.05) is 32.3 Å². The van der Waals surface area contributed by atoms with Gasteiger partial charge < -0.3 is 9.64 Å². The molecule has 0 aromatic heterocycles. The number of benzene rings is 2. The van der Waals surface area contributed by atoms with Crippen LogP contribution in [0.25, 0.3) is 0 Å². The van der Waals surface area contributed by atoms with Gasteiger partial charge in [0.25, 0.3) is 5.91 Å². The molecule has 0 saturated carbocycles. The topological polar surface area (TPSA) is 75.7 Å². The summed E-state index contributed by atoms with van der Waals surface area (Å²) in [6.07, 6.45) is 1.54. The van der Waals surface area contributed by atoms with Crippen LogP contribution in [0.1, 0.15) is 28.8 Å². The highest BCUT2D eigenvalue weighted by molar-refractivity contribution is 7.89. The summed E-state index contributed by atoms with van der Waals surface area (Å²) in [5.74, 6) is -0.729. The summed E-state index contributed by atoms with van der Waals surface area (Å²) in [4.78, 5) is 14.0. The number of carbonyl (C=O) groups is 1. The van der Waals surface area contributed by atoms with E-state index in [9.17, 15) is 17.6 Å². The molecule has 2 aromatic carbocycles. The van der Waals surface area contributed by atoms with Gasteiger partial charge >= 0.3 is 0 Å². The number of ether oxygens (including phenoxy) is 1. The number of hydrogen-bond donors (Lipinski definition) is 1. The van der Waals surface area contributed by atoms with Gasteiger partial charge in [-0.25, -0.2) is 17.5 Å². The van der Waals surface area contributed by atoms with Gasteiger partial charge in [0.1, 0.15) is 10.7 Å². The van der Waals surface area contributed by atoms with Crippen molar-refractivity contribution in [3.05, 3.63) is 64.4 Å². The van der Waals surface area contributed by atoms with Crippen LogP contribution in [0.4, 0.5) is 4.39 Å². The average molecular weight is 441 g/mol. The summed E-state index contributed by atoms with van der Waals surface area (Å²) in [7, 11) is -2.31. The second-order valence-electron chi connectivity index (χ2n) is 6.92. The molecule has 1 fully saturated rings. The molecular formula is C20H22ClFN2O4S. The molecule has 1 amide bonds. The molecule has 3 rings (SSSR count). The summed E-state index contributed by atoms with van der Waals surface area (Å²) in [6.45, 7) is 1.03. The Hall–Kier alpha value is -2.00. The smallest absolute Gasteiger partial charge is 0.253 e. The molecule has 1 aliphatic heterocycles. The van der Waals surface area contributed by atoms with Crippen molar-refractivity contribution < 1.29 is 22.3 Å². The number of nitrogens with one attached hydrogen (secondary N) is 1. The van der Waals surface area contributed by atoms with Crippen molar-refractivity contribution in [2.45, 2.75) is 30.4 Å². The van der Waals surface area contributed by atoms with E-state index < -0.39 is 10.0 Å². The van der Waals surface area contributed by atoms with Crippen molar-refractivity contribution >= 4 is 27.5 Å². The molecule has 2 aromatic rings. The monoisotopic (exact) mass is 440 g/mol. The molecule has 0 spiro atoms. The van der Waals surface area contributed by atoms with Crippen LogP contribution < -0.4 is 4.72 Å².